The van der Waals surface area contributed by atoms with Gasteiger partial charge in [-0.2, -0.15) is 0 Å². The smallest absolute Gasteiger partial charge is 0.408 e. The minimum absolute atomic E-state index is 0.00164. The molecule has 1 amide bonds. The molecule has 0 heterocycles. The van der Waals surface area contributed by atoms with Gasteiger partial charge in [-0.3, -0.25) is 4.57 Å². The average Bonchev–Trinajstić information content (AvgIpc) is 2.81. The van der Waals surface area contributed by atoms with E-state index in [1.165, 1.54) is 19.2 Å². The first-order valence-electron chi connectivity index (χ1n) is 12.4. The lowest BCUT2D eigenvalue weighted by atomic mass is 10.0. The van der Waals surface area contributed by atoms with Crippen molar-refractivity contribution in [2.75, 3.05) is 7.11 Å². The minimum Gasteiger partial charge on any atom is -0.467 e. The van der Waals surface area contributed by atoms with Crippen LogP contribution in [-0.4, -0.2) is 36.4 Å². The molecule has 3 atom stereocenters. The summed E-state index contributed by atoms with van der Waals surface area (Å²) in [5.41, 5.74) is -0.732. The van der Waals surface area contributed by atoms with Gasteiger partial charge in [-0.15, -0.1) is 0 Å². The van der Waals surface area contributed by atoms with Gasteiger partial charge >= 0.3 is 19.7 Å². The third-order valence-corrected chi connectivity index (χ3v) is 7.11. The Bertz CT molecular complexity index is 1100. The summed E-state index contributed by atoms with van der Waals surface area (Å²) >= 11 is 0. The predicted molar refractivity (Wildman–Crippen MR) is 139 cm³/mol. The molecular weight excluding hydrogens is 500 g/mol. The molecule has 2 unspecified atom stereocenters. The van der Waals surface area contributed by atoms with Crippen LogP contribution in [0.3, 0.4) is 0 Å². The summed E-state index contributed by atoms with van der Waals surface area (Å²) in [6.07, 6.45) is -0.967. The van der Waals surface area contributed by atoms with Crippen molar-refractivity contribution in [3.05, 3.63) is 71.3 Å². The molecule has 0 fully saturated rings. The number of alkyl carbamates (subject to hydrolysis) is 1. The monoisotopic (exact) mass is 538 g/mol. The quantitative estimate of drug-likeness (QED) is 0.273. The maximum Gasteiger partial charge on any atom is 0.408 e. The Hall–Kier alpha value is -2.74. The number of carbonyl (C=O) groups excluding carboxylic acids is 2. The zero-order valence-electron chi connectivity index (χ0n) is 23.3. The third kappa shape index (κ3) is 10.3. The Labute approximate surface area is 219 Å². The molecule has 37 heavy (non-hydrogen) atoms. The highest BCUT2D eigenvalue weighted by Crippen LogP contribution is 2.65. The molecule has 2 rings (SSSR count). The molecule has 10 heteroatoms. The number of rotatable bonds is 10. The SMILES string of the molecule is [2H]C(OC(=O)N[C@@H](Cc1ccc(C(F)P(=O)(OC(C)(C)C)OC(C)(C)C)cc1)C(=O)OC)c1ccccc1. The van der Waals surface area contributed by atoms with E-state index >= 15 is 4.39 Å². The Morgan fingerprint density at radius 2 is 1.49 bits per heavy atom. The second-order valence-corrected chi connectivity index (χ2v) is 12.3. The lowest BCUT2D eigenvalue weighted by Crippen LogP contribution is -2.43. The van der Waals surface area contributed by atoms with Crippen LogP contribution < -0.4 is 5.32 Å². The van der Waals surface area contributed by atoms with Gasteiger partial charge in [0, 0.05) is 6.42 Å². The largest absolute Gasteiger partial charge is 0.467 e. The summed E-state index contributed by atoms with van der Waals surface area (Å²) < 4.78 is 58.1. The number of nitrogens with one attached hydrogen (secondary N) is 1. The number of benzene rings is 2. The van der Waals surface area contributed by atoms with Crippen molar-refractivity contribution in [1.82, 2.24) is 5.32 Å². The van der Waals surface area contributed by atoms with Crippen LogP contribution in [0.1, 0.15) is 65.5 Å². The number of carbonyl (C=O) groups is 2. The summed E-state index contributed by atoms with van der Waals surface area (Å²) in [6.45, 7) is 8.69. The van der Waals surface area contributed by atoms with Crippen molar-refractivity contribution < 1.29 is 38.4 Å². The first-order valence-corrected chi connectivity index (χ1v) is 13.4. The number of esters is 1. The highest BCUT2D eigenvalue weighted by molar-refractivity contribution is 7.54. The second-order valence-electron chi connectivity index (χ2n) is 10.4. The van der Waals surface area contributed by atoms with Crippen LogP contribution in [-0.2, 0) is 40.9 Å². The van der Waals surface area contributed by atoms with E-state index < -0.39 is 49.4 Å². The highest BCUT2D eigenvalue weighted by Gasteiger charge is 2.44. The Balaban J connectivity index is 2.16. The number of hydrogen-bond donors (Lipinski definition) is 1. The maximum atomic E-state index is 15.6. The van der Waals surface area contributed by atoms with Gasteiger partial charge in [-0.25, -0.2) is 14.0 Å². The van der Waals surface area contributed by atoms with E-state index in [0.717, 1.165) is 0 Å². The van der Waals surface area contributed by atoms with Gasteiger partial charge in [-0.05, 0) is 58.2 Å². The van der Waals surface area contributed by atoms with Crippen LogP contribution in [0.2, 0.25) is 0 Å². The lowest BCUT2D eigenvalue weighted by Gasteiger charge is -2.33. The Kier molecular flexibility index (Phi) is 9.87. The third-order valence-electron chi connectivity index (χ3n) is 4.65. The molecule has 0 radical (unpaired) electrons. The number of hydrogen-bond acceptors (Lipinski definition) is 7. The van der Waals surface area contributed by atoms with Crippen molar-refractivity contribution >= 4 is 19.7 Å². The number of amides is 1. The minimum atomic E-state index is -4.23. The number of ether oxygens (including phenoxy) is 2. The summed E-state index contributed by atoms with van der Waals surface area (Å²) in [5.74, 6) is -2.77. The fourth-order valence-corrected chi connectivity index (χ4v) is 5.56. The fourth-order valence-electron chi connectivity index (χ4n) is 3.27. The van der Waals surface area contributed by atoms with Gasteiger partial charge in [-0.1, -0.05) is 54.6 Å². The van der Waals surface area contributed by atoms with Crippen molar-refractivity contribution in [3.8, 4) is 0 Å². The van der Waals surface area contributed by atoms with E-state index in [0.29, 0.717) is 11.1 Å². The fraction of sp³-hybridized carbons (Fsp3) is 0.481. The molecule has 1 N–H and O–H groups in total. The van der Waals surface area contributed by atoms with Gasteiger partial charge in [0.2, 0.25) is 5.91 Å². The van der Waals surface area contributed by atoms with Gasteiger partial charge in [0.1, 0.15) is 12.6 Å². The zero-order valence-corrected chi connectivity index (χ0v) is 23.2. The molecule has 2 aromatic carbocycles. The lowest BCUT2D eigenvalue weighted by molar-refractivity contribution is -0.143. The first kappa shape index (κ1) is 28.8. The second kappa shape index (κ2) is 12.7. The van der Waals surface area contributed by atoms with Crippen LogP contribution >= 0.6 is 7.60 Å². The molecule has 0 spiro atoms. The molecule has 204 valence electrons. The van der Waals surface area contributed by atoms with Crippen LogP contribution in [0.25, 0.3) is 0 Å². The van der Waals surface area contributed by atoms with Gasteiger partial charge in [0.15, 0.2) is 0 Å². The van der Waals surface area contributed by atoms with E-state index in [4.69, 9.17) is 19.9 Å². The highest BCUT2D eigenvalue weighted by atomic mass is 31.2. The van der Waals surface area contributed by atoms with Crippen LogP contribution in [0.15, 0.2) is 54.6 Å². The summed E-state index contributed by atoms with van der Waals surface area (Å²) in [4.78, 5) is 24.7. The molecule has 8 nitrogen and oxygen atoms in total. The van der Waals surface area contributed by atoms with Crippen LogP contribution in [0.5, 0.6) is 0 Å². The maximum absolute atomic E-state index is 15.6. The van der Waals surface area contributed by atoms with E-state index in [1.54, 1.807) is 84.0 Å². The summed E-state index contributed by atoms with van der Waals surface area (Å²) in [6, 6.07) is 13.3. The summed E-state index contributed by atoms with van der Waals surface area (Å²) in [5, 5.41) is 2.42. The molecular formula is C27H37FNO7P. The van der Waals surface area contributed by atoms with Crippen molar-refractivity contribution in [3.63, 3.8) is 0 Å². The molecule has 0 bridgehead atoms. The molecule has 0 aliphatic rings. The van der Waals surface area contributed by atoms with E-state index in [2.05, 4.69) is 5.32 Å². The summed E-state index contributed by atoms with van der Waals surface area (Å²) in [7, 11) is -3.05. The average molecular weight is 539 g/mol. The normalized spacial score (nSPS) is 15.2. The molecule has 0 aliphatic heterocycles. The van der Waals surface area contributed by atoms with Crippen LogP contribution in [0.4, 0.5) is 9.18 Å². The molecule has 0 saturated carbocycles. The van der Waals surface area contributed by atoms with E-state index in [9.17, 15) is 14.2 Å². The Morgan fingerprint density at radius 1 is 0.946 bits per heavy atom. The number of halogens is 1. The zero-order chi connectivity index (χ0) is 28.7. The molecule has 2 aromatic rings. The predicted octanol–water partition coefficient (Wildman–Crippen LogP) is 6.49. The number of alkyl halides is 1. The van der Waals surface area contributed by atoms with Gasteiger partial charge < -0.3 is 23.8 Å². The molecule has 0 aromatic heterocycles. The molecule has 0 saturated heterocycles. The van der Waals surface area contributed by atoms with E-state index in [1.807, 2.05) is 0 Å². The van der Waals surface area contributed by atoms with Gasteiger partial charge in [0.25, 0.3) is 0 Å². The van der Waals surface area contributed by atoms with Crippen molar-refractivity contribution in [2.45, 2.75) is 77.7 Å². The first-order chi connectivity index (χ1) is 17.5. The van der Waals surface area contributed by atoms with E-state index in [-0.39, 0.29) is 12.0 Å². The molecule has 0 aliphatic carbocycles. The van der Waals surface area contributed by atoms with Gasteiger partial charge in [0.05, 0.1) is 19.7 Å². The Morgan fingerprint density at radius 3 is 1.97 bits per heavy atom. The number of methoxy groups -OCH3 is 1. The van der Waals surface area contributed by atoms with Crippen LogP contribution in [0, 0.1) is 0 Å². The standard InChI is InChI=1S/C27H37FNO7P/c1-26(2,3)35-37(32,36-27(4,5)6)23(28)21-15-13-19(14-16-21)17-22(24(30)33-7)29-25(31)34-18-20-11-9-8-10-12-20/h8-16,22-23H,17-18H2,1-7H3,(H,29,31)/t22-,23?/m0/s1/i18D/t18?,22-,23?. The van der Waals surface area contributed by atoms with Crippen molar-refractivity contribution in [2.24, 2.45) is 0 Å². The van der Waals surface area contributed by atoms with Crippen molar-refractivity contribution in [1.29, 1.82) is 0 Å². The topological polar surface area (TPSA) is 100 Å².